The highest BCUT2D eigenvalue weighted by atomic mass is 16.7. The van der Waals surface area contributed by atoms with Crippen LogP contribution in [0.25, 0.3) is 6.08 Å². The molecule has 9 nitrogen and oxygen atoms in total. The van der Waals surface area contributed by atoms with Gasteiger partial charge in [-0.15, -0.1) is 0 Å². The monoisotopic (exact) mass is 324 g/mol. The maximum atomic E-state index is 11.4. The van der Waals surface area contributed by atoms with Gasteiger partial charge >= 0.3 is 11.8 Å². The highest BCUT2D eigenvalue weighted by Gasteiger charge is 2.31. The van der Waals surface area contributed by atoms with E-state index in [9.17, 15) is 14.9 Å². The molecule has 0 bridgehead atoms. The molecule has 1 aliphatic rings. The van der Waals surface area contributed by atoms with Crippen molar-refractivity contribution in [1.82, 2.24) is 4.98 Å². The molecular weight excluding hydrogens is 308 g/mol. The summed E-state index contributed by atoms with van der Waals surface area (Å²) >= 11 is 0. The fraction of sp³-hybridized carbons (Fsp3) is 0.429. The van der Waals surface area contributed by atoms with Gasteiger partial charge in [-0.1, -0.05) is 0 Å². The molecule has 1 saturated heterocycles. The summed E-state index contributed by atoms with van der Waals surface area (Å²) in [7, 11) is 1.40. The number of carbonyl (C=O) groups is 1. The van der Waals surface area contributed by atoms with Crippen LogP contribution in [0.4, 0.5) is 5.82 Å². The smallest absolute Gasteiger partial charge is 0.371 e. The number of rotatable bonds is 6. The maximum absolute atomic E-state index is 11.4. The van der Waals surface area contributed by atoms with Gasteiger partial charge in [-0.25, -0.2) is 4.79 Å². The van der Waals surface area contributed by atoms with Gasteiger partial charge in [-0.05, 0) is 22.9 Å². The zero-order valence-corrected chi connectivity index (χ0v) is 12.7. The maximum Gasteiger partial charge on any atom is 0.371 e. The largest absolute Gasteiger partial charge is 0.492 e. The number of nitro groups is 1. The Morgan fingerprint density at radius 1 is 1.52 bits per heavy atom. The normalized spacial score (nSPS) is 15.0. The van der Waals surface area contributed by atoms with Gasteiger partial charge < -0.3 is 29.1 Å². The van der Waals surface area contributed by atoms with Crippen molar-refractivity contribution < 1.29 is 28.7 Å². The SMILES string of the molecule is CCOC(=O)C=Cc1cc(OC)c(C2OCCO2)nc1[N+](=O)[O-]. The number of esters is 1. The molecule has 0 amide bonds. The number of pyridine rings is 1. The van der Waals surface area contributed by atoms with Gasteiger partial charge in [0, 0.05) is 12.1 Å². The van der Waals surface area contributed by atoms with Crippen molar-refractivity contribution in [1.29, 1.82) is 0 Å². The third-order valence-corrected chi connectivity index (χ3v) is 2.95. The molecule has 1 fully saturated rings. The van der Waals surface area contributed by atoms with E-state index in [2.05, 4.69) is 4.98 Å². The fourth-order valence-electron chi connectivity index (χ4n) is 1.98. The molecule has 2 heterocycles. The van der Waals surface area contributed by atoms with Crippen LogP contribution in [0.3, 0.4) is 0 Å². The van der Waals surface area contributed by atoms with Crippen LogP contribution in [-0.4, -0.2) is 42.8 Å². The van der Waals surface area contributed by atoms with Crippen molar-refractivity contribution in [3.05, 3.63) is 33.5 Å². The average Bonchev–Trinajstić information content (AvgIpc) is 3.06. The molecular formula is C14H16N2O7. The van der Waals surface area contributed by atoms with E-state index in [1.54, 1.807) is 6.92 Å². The first kappa shape index (κ1) is 16.8. The summed E-state index contributed by atoms with van der Waals surface area (Å²) in [5, 5.41) is 11.2. The molecule has 1 aliphatic heterocycles. The molecule has 9 heteroatoms. The lowest BCUT2D eigenvalue weighted by molar-refractivity contribution is -0.390. The van der Waals surface area contributed by atoms with E-state index < -0.39 is 23.0 Å². The summed E-state index contributed by atoms with van der Waals surface area (Å²) in [5.74, 6) is -0.765. The standard InChI is InChI=1S/C14H16N2O7/c1-3-21-11(17)5-4-9-8-10(20-2)12(14-22-6-7-23-14)15-13(9)16(18)19/h4-5,8,14H,3,6-7H2,1-2H3. The molecule has 23 heavy (non-hydrogen) atoms. The van der Waals surface area contributed by atoms with E-state index in [0.29, 0.717) is 13.2 Å². The zero-order valence-electron chi connectivity index (χ0n) is 12.7. The minimum atomic E-state index is -0.813. The van der Waals surface area contributed by atoms with Crippen molar-refractivity contribution in [3.8, 4) is 5.75 Å². The first-order chi connectivity index (χ1) is 11.1. The van der Waals surface area contributed by atoms with Crippen LogP contribution in [0, 0.1) is 10.1 Å². The third kappa shape index (κ3) is 4.02. The Morgan fingerprint density at radius 2 is 2.22 bits per heavy atom. The molecule has 0 radical (unpaired) electrons. The summed E-state index contributed by atoms with van der Waals surface area (Å²) in [5.41, 5.74) is 0.298. The first-order valence-corrected chi connectivity index (χ1v) is 6.88. The predicted molar refractivity (Wildman–Crippen MR) is 77.8 cm³/mol. The van der Waals surface area contributed by atoms with Gasteiger partial charge in [0.25, 0.3) is 5.69 Å². The second-order valence-electron chi connectivity index (χ2n) is 4.40. The average molecular weight is 324 g/mol. The van der Waals surface area contributed by atoms with E-state index in [0.717, 1.165) is 6.08 Å². The Hall–Kier alpha value is -2.52. The van der Waals surface area contributed by atoms with Crippen LogP contribution >= 0.6 is 0 Å². The highest BCUT2D eigenvalue weighted by molar-refractivity contribution is 5.87. The van der Waals surface area contributed by atoms with E-state index in [1.165, 1.54) is 19.3 Å². The number of aromatic nitrogens is 1. The van der Waals surface area contributed by atoms with E-state index in [-0.39, 0.29) is 23.6 Å². The molecule has 0 unspecified atom stereocenters. The molecule has 0 saturated carbocycles. The highest BCUT2D eigenvalue weighted by Crippen LogP contribution is 2.33. The van der Waals surface area contributed by atoms with Gasteiger partial charge in [-0.2, -0.15) is 0 Å². The molecule has 2 rings (SSSR count). The zero-order chi connectivity index (χ0) is 16.8. The number of ether oxygens (including phenoxy) is 4. The molecule has 1 aromatic heterocycles. The van der Waals surface area contributed by atoms with Crippen molar-refractivity contribution >= 4 is 17.9 Å². The quantitative estimate of drug-likeness (QED) is 0.336. The topological polar surface area (TPSA) is 110 Å². The number of hydrogen-bond acceptors (Lipinski definition) is 8. The summed E-state index contributed by atoms with van der Waals surface area (Å²) in [4.78, 5) is 25.9. The minimum absolute atomic E-state index is 0.113. The number of nitrogens with zero attached hydrogens (tertiary/aromatic N) is 2. The second kappa shape index (κ2) is 7.65. The van der Waals surface area contributed by atoms with Crippen LogP contribution < -0.4 is 4.74 Å². The van der Waals surface area contributed by atoms with Crippen molar-refractivity contribution in [3.63, 3.8) is 0 Å². The van der Waals surface area contributed by atoms with E-state index in [4.69, 9.17) is 18.9 Å². The van der Waals surface area contributed by atoms with E-state index in [1.807, 2.05) is 0 Å². The summed E-state index contributed by atoms with van der Waals surface area (Å²) in [6.07, 6.45) is 1.53. The number of hydrogen-bond donors (Lipinski definition) is 0. The van der Waals surface area contributed by atoms with Crippen molar-refractivity contribution in [2.24, 2.45) is 0 Å². The molecule has 0 spiro atoms. The van der Waals surface area contributed by atoms with Crippen LogP contribution in [0.2, 0.25) is 0 Å². The lowest BCUT2D eigenvalue weighted by Gasteiger charge is -2.10. The van der Waals surface area contributed by atoms with Crippen LogP contribution in [0.5, 0.6) is 5.75 Å². The van der Waals surface area contributed by atoms with Crippen LogP contribution in [0.1, 0.15) is 24.5 Å². The van der Waals surface area contributed by atoms with Gasteiger partial charge in [-0.3, -0.25) is 0 Å². The first-order valence-electron chi connectivity index (χ1n) is 6.88. The second-order valence-corrected chi connectivity index (χ2v) is 4.40. The molecule has 0 aromatic carbocycles. The molecule has 0 atom stereocenters. The Bertz CT molecular complexity index is 624. The van der Waals surface area contributed by atoms with Crippen LogP contribution in [-0.2, 0) is 19.0 Å². The van der Waals surface area contributed by atoms with Gasteiger partial charge in [0.05, 0.1) is 32.5 Å². The van der Waals surface area contributed by atoms with Gasteiger partial charge in [0.15, 0.2) is 5.75 Å². The van der Waals surface area contributed by atoms with Crippen molar-refractivity contribution in [2.45, 2.75) is 13.2 Å². The van der Waals surface area contributed by atoms with Crippen molar-refractivity contribution in [2.75, 3.05) is 26.9 Å². The summed E-state index contributed by atoms with van der Waals surface area (Å²) in [6, 6.07) is 1.40. The molecule has 1 aromatic rings. The van der Waals surface area contributed by atoms with Crippen LogP contribution in [0.15, 0.2) is 12.1 Å². The van der Waals surface area contributed by atoms with Gasteiger partial charge in [0.2, 0.25) is 6.29 Å². The Kier molecular flexibility index (Phi) is 5.61. The summed E-state index contributed by atoms with van der Waals surface area (Å²) < 4.78 is 20.5. The Balaban J connectivity index is 2.41. The van der Waals surface area contributed by atoms with E-state index >= 15 is 0 Å². The lowest BCUT2D eigenvalue weighted by Crippen LogP contribution is -2.08. The number of methoxy groups -OCH3 is 1. The summed E-state index contributed by atoms with van der Waals surface area (Å²) in [6.45, 7) is 2.61. The molecule has 0 aliphatic carbocycles. The third-order valence-electron chi connectivity index (χ3n) is 2.95. The lowest BCUT2D eigenvalue weighted by atomic mass is 10.2. The number of carbonyl (C=O) groups excluding carboxylic acids is 1. The molecule has 0 N–H and O–H groups in total. The predicted octanol–water partition coefficient (Wildman–Crippen LogP) is 1.62. The Morgan fingerprint density at radius 3 is 2.78 bits per heavy atom. The molecule has 124 valence electrons. The fourth-order valence-corrected chi connectivity index (χ4v) is 1.98. The van der Waals surface area contributed by atoms with Gasteiger partial charge in [0.1, 0.15) is 0 Å². The Labute approximate surface area is 132 Å². The minimum Gasteiger partial charge on any atom is -0.492 e.